The molecule has 0 aromatic heterocycles. The molecule has 0 amide bonds. The molecule has 0 heterocycles. The Morgan fingerprint density at radius 1 is 0.870 bits per heavy atom. The topological polar surface area (TPSA) is 51.2 Å². The third-order valence-electron chi connectivity index (χ3n) is 4.01. The maximum Gasteiger partial charge on any atom is 0.194 e. The molecule has 3 nitrogen and oxygen atoms in total. The van der Waals surface area contributed by atoms with Crippen LogP contribution in [-0.2, 0) is 0 Å². The van der Waals surface area contributed by atoms with Gasteiger partial charge in [0.05, 0.1) is 0 Å². The van der Waals surface area contributed by atoms with Crippen LogP contribution >= 0.6 is 0 Å². The zero-order valence-corrected chi connectivity index (χ0v) is 14.1. The average Bonchev–Trinajstić information content (AvgIpc) is 2.53. The van der Waals surface area contributed by atoms with Crippen molar-refractivity contribution < 1.29 is 14.4 Å². The van der Waals surface area contributed by atoms with Crippen molar-refractivity contribution in [2.45, 2.75) is 34.6 Å². The van der Waals surface area contributed by atoms with Crippen LogP contribution in [0.5, 0.6) is 0 Å². The molecule has 0 saturated carbocycles. The maximum atomic E-state index is 12.7. The molecule has 0 spiro atoms. The molecule has 2 aromatic carbocycles. The molecule has 0 unspecified atom stereocenters. The van der Waals surface area contributed by atoms with Crippen molar-refractivity contribution >= 4 is 17.3 Å². The fraction of sp³-hybridized carbons (Fsp3) is 0.250. The van der Waals surface area contributed by atoms with Crippen molar-refractivity contribution in [3.05, 3.63) is 69.3 Å². The van der Waals surface area contributed by atoms with Crippen LogP contribution in [0.4, 0.5) is 0 Å². The van der Waals surface area contributed by atoms with Crippen molar-refractivity contribution in [3.8, 4) is 0 Å². The fourth-order valence-corrected chi connectivity index (χ4v) is 3.16. The highest BCUT2D eigenvalue weighted by molar-refractivity contribution is 6.29. The van der Waals surface area contributed by atoms with Gasteiger partial charge in [0.1, 0.15) is 0 Å². The molecule has 0 radical (unpaired) electrons. The lowest BCUT2D eigenvalue weighted by Gasteiger charge is -2.21. The van der Waals surface area contributed by atoms with Gasteiger partial charge in [0.15, 0.2) is 17.3 Å². The molecule has 3 rings (SSSR count). The molecular weight excluding hydrogens is 288 g/mol. The highest BCUT2D eigenvalue weighted by Gasteiger charge is 2.32. The standard InChI is InChI=1S/C18H14O3.C2H6/c1-9-8-14-16(10(2)15(9)11(3)19)18(21)13-7-5-4-6-12(13)17(14)20;1-2/h4-8H,1-3H3;1-2H3. The number of aryl methyl sites for hydroxylation is 1. The van der Waals surface area contributed by atoms with Gasteiger partial charge in [0.25, 0.3) is 0 Å². The summed E-state index contributed by atoms with van der Waals surface area (Å²) in [5, 5.41) is 0. The third kappa shape index (κ3) is 2.52. The predicted molar refractivity (Wildman–Crippen MR) is 90.6 cm³/mol. The Labute approximate surface area is 136 Å². The zero-order valence-electron chi connectivity index (χ0n) is 14.1. The van der Waals surface area contributed by atoms with Crippen LogP contribution < -0.4 is 0 Å². The smallest absolute Gasteiger partial charge is 0.194 e. The molecule has 0 N–H and O–H groups in total. The minimum Gasteiger partial charge on any atom is -0.294 e. The normalized spacial score (nSPS) is 12.0. The van der Waals surface area contributed by atoms with E-state index in [9.17, 15) is 14.4 Å². The van der Waals surface area contributed by atoms with Gasteiger partial charge in [-0.15, -0.1) is 0 Å². The molecule has 0 fully saturated rings. The molecule has 0 aliphatic heterocycles. The minimum atomic E-state index is -0.180. The van der Waals surface area contributed by atoms with Gasteiger partial charge in [-0.3, -0.25) is 14.4 Å². The van der Waals surface area contributed by atoms with Crippen LogP contribution in [0.25, 0.3) is 0 Å². The minimum absolute atomic E-state index is 0.0908. The van der Waals surface area contributed by atoms with E-state index >= 15 is 0 Å². The van der Waals surface area contributed by atoms with Crippen LogP contribution in [0.1, 0.15) is 74.1 Å². The zero-order chi connectivity index (χ0) is 17.3. The highest BCUT2D eigenvalue weighted by atomic mass is 16.1. The highest BCUT2D eigenvalue weighted by Crippen LogP contribution is 2.32. The quantitative estimate of drug-likeness (QED) is 0.629. The van der Waals surface area contributed by atoms with E-state index in [0.717, 1.165) is 5.56 Å². The van der Waals surface area contributed by atoms with Crippen molar-refractivity contribution in [2.75, 3.05) is 0 Å². The first kappa shape index (κ1) is 16.8. The second kappa shape index (κ2) is 6.29. The lowest BCUT2D eigenvalue weighted by Crippen LogP contribution is -2.23. The first-order valence-corrected chi connectivity index (χ1v) is 7.77. The van der Waals surface area contributed by atoms with Crippen LogP contribution in [0.15, 0.2) is 30.3 Å². The summed E-state index contributed by atoms with van der Waals surface area (Å²) in [6.07, 6.45) is 0. The van der Waals surface area contributed by atoms with Gasteiger partial charge in [-0.25, -0.2) is 0 Å². The number of hydrogen-bond donors (Lipinski definition) is 0. The van der Waals surface area contributed by atoms with Gasteiger partial charge in [-0.1, -0.05) is 38.1 Å². The number of ketones is 3. The molecule has 0 atom stereocenters. The second-order valence-electron chi connectivity index (χ2n) is 5.38. The molecule has 0 bridgehead atoms. The number of hydrogen-bond acceptors (Lipinski definition) is 3. The average molecular weight is 308 g/mol. The molecule has 118 valence electrons. The monoisotopic (exact) mass is 308 g/mol. The predicted octanol–water partition coefficient (Wildman–Crippen LogP) is 4.31. The Morgan fingerprint density at radius 3 is 1.91 bits per heavy atom. The number of rotatable bonds is 1. The summed E-state index contributed by atoms with van der Waals surface area (Å²) in [6.45, 7) is 9.01. The summed E-state index contributed by atoms with van der Waals surface area (Å²) in [5.41, 5.74) is 3.49. The van der Waals surface area contributed by atoms with Gasteiger partial charge in [-0.2, -0.15) is 0 Å². The van der Waals surface area contributed by atoms with Gasteiger partial charge >= 0.3 is 0 Å². The SMILES string of the molecule is CC.CC(=O)c1c(C)cc2c(c1C)C(=O)c1ccccc1C2=O. The van der Waals surface area contributed by atoms with Gasteiger partial charge < -0.3 is 0 Å². The summed E-state index contributed by atoms with van der Waals surface area (Å²) in [4.78, 5) is 37.1. The van der Waals surface area contributed by atoms with Gasteiger partial charge in [0.2, 0.25) is 0 Å². The number of carbonyl (C=O) groups excluding carboxylic acids is 3. The van der Waals surface area contributed by atoms with Gasteiger partial charge in [-0.05, 0) is 38.0 Å². The number of fused-ring (bicyclic) bond motifs is 2. The fourth-order valence-electron chi connectivity index (χ4n) is 3.16. The van der Waals surface area contributed by atoms with Crippen LogP contribution in [0.3, 0.4) is 0 Å². The van der Waals surface area contributed by atoms with Crippen molar-refractivity contribution in [2.24, 2.45) is 0 Å². The summed E-state index contributed by atoms with van der Waals surface area (Å²) in [7, 11) is 0. The number of benzene rings is 2. The Morgan fingerprint density at radius 2 is 1.39 bits per heavy atom. The van der Waals surface area contributed by atoms with Crippen molar-refractivity contribution in [3.63, 3.8) is 0 Å². The second-order valence-corrected chi connectivity index (χ2v) is 5.38. The summed E-state index contributed by atoms with van der Waals surface area (Å²) in [6, 6.07) is 8.48. The molecule has 3 heteroatoms. The van der Waals surface area contributed by atoms with E-state index in [1.807, 2.05) is 13.8 Å². The van der Waals surface area contributed by atoms with E-state index in [0.29, 0.717) is 33.4 Å². The third-order valence-corrected chi connectivity index (χ3v) is 4.01. The number of carbonyl (C=O) groups is 3. The van der Waals surface area contributed by atoms with Crippen LogP contribution in [0, 0.1) is 13.8 Å². The van der Waals surface area contributed by atoms with Gasteiger partial charge in [0, 0.05) is 27.8 Å². The van der Waals surface area contributed by atoms with E-state index in [1.54, 1.807) is 44.2 Å². The Hall–Kier alpha value is -2.55. The van der Waals surface area contributed by atoms with E-state index < -0.39 is 0 Å². The van der Waals surface area contributed by atoms with Crippen molar-refractivity contribution in [1.82, 2.24) is 0 Å². The molecule has 1 aliphatic carbocycles. The Bertz CT molecular complexity index is 829. The molecular formula is C20H20O3. The van der Waals surface area contributed by atoms with E-state index in [-0.39, 0.29) is 17.3 Å². The Balaban J connectivity index is 0.000000924. The summed E-state index contributed by atoms with van der Waals surface area (Å²) in [5.74, 6) is -0.423. The van der Waals surface area contributed by atoms with Crippen LogP contribution in [-0.4, -0.2) is 17.3 Å². The van der Waals surface area contributed by atoms with E-state index in [4.69, 9.17) is 0 Å². The lowest BCUT2D eigenvalue weighted by molar-refractivity contribution is 0.0976. The van der Waals surface area contributed by atoms with E-state index in [2.05, 4.69) is 0 Å². The first-order chi connectivity index (χ1) is 10.9. The van der Waals surface area contributed by atoms with Crippen molar-refractivity contribution in [1.29, 1.82) is 0 Å². The molecule has 23 heavy (non-hydrogen) atoms. The lowest BCUT2D eigenvalue weighted by atomic mass is 9.79. The molecule has 2 aromatic rings. The maximum absolute atomic E-state index is 12.7. The summed E-state index contributed by atoms with van der Waals surface area (Å²) < 4.78 is 0. The largest absolute Gasteiger partial charge is 0.294 e. The number of Topliss-reactive ketones (excluding diaryl/α,β-unsaturated/α-hetero) is 1. The Kier molecular flexibility index (Phi) is 4.60. The van der Waals surface area contributed by atoms with Crippen LogP contribution in [0.2, 0.25) is 0 Å². The first-order valence-electron chi connectivity index (χ1n) is 7.77. The molecule has 1 aliphatic rings. The summed E-state index contributed by atoms with van der Waals surface area (Å²) >= 11 is 0. The van der Waals surface area contributed by atoms with E-state index in [1.165, 1.54) is 6.92 Å². The molecule has 0 saturated heterocycles.